The average Bonchev–Trinajstić information content (AvgIpc) is 3.35. The van der Waals surface area contributed by atoms with Crippen LogP contribution in [0.1, 0.15) is 35.3 Å². The first-order valence-electron chi connectivity index (χ1n) is 12.8. The normalized spacial score (nSPS) is 18.3. The van der Waals surface area contributed by atoms with Crippen molar-refractivity contribution in [2.45, 2.75) is 37.9 Å². The van der Waals surface area contributed by atoms with Crippen molar-refractivity contribution in [1.82, 2.24) is 9.29 Å². The molecule has 208 valence electrons. The van der Waals surface area contributed by atoms with Gasteiger partial charge in [-0.2, -0.15) is 14.4 Å². The van der Waals surface area contributed by atoms with Crippen LogP contribution in [0, 0.1) is 6.92 Å². The number of methoxy groups -OCH3 is 1. The van der Waals surface area contributed by atoms with Crippen LogP contribution >= 0.6 is 11.3 Å². The molecule has 2 heterocycles. The quantitative estimate of drug-likeness (QED) is 0.224. The van der Waals surface area contributed by atoms with Crippen molar-refractivity contribution in [2.75, 3.05) is 25.2 Å². The second kappa shape index (κ2) is 11.5. The largest absolute Gasteiger partial charge is 0.497 e. The van der Waals surface area contributed by atoms with Gasteiger partial charge < -0.3 is 9.47 Å². The third-order valence-corrected chi connectivity index (χ3v) is 9.31. The Bertz CT molecular complexity index is 1640. The van der Waals surface area contributed by atoms with Crippen LogP contribution in [0.5, 0.6) is 5.75 Å². The first-order valence-corrected chi connectivity index (χ1v) is 15.0. The van der Waals surface area contributed by atoms with Crippen molar-refractivity contribution < 1.29 is 22.7 Å². The average molecular weight is 579 g/mol. The van der Waals surface area contributed by atoms with Gasteiger partial charge in [0.15, 0.2) is 0 Å². The monoisotopic (exact) mass is 578 g/mol. The predicted molar refractivity (Wildman–Crippen MR) is 157 cm³/mol. The van der Waals surface area contributed by atoms with E-state index in [1.54, 1.807) is 13.3 Å². The highest BCUT2D eigenvalue weighted by Crippen LogP contribution is 2.31. The number of fused-ring (bicyclic) bond motifs is 1. The maximum absolute atomic E-state index is 13.7. The van der Waals surface area contributed by atoms with E-state index < -0.39 is 15.9 Å². The lowest BCUT2D eigenvalue weighted by Crippen LogP contribution is -2.48. The van der Waals surface area contributed by atoms with E-state index in [0.29, 0.717) is 10.9 Å². The van der Waals surface area contributed by atoms with E-state index in [2.05, 4.69) is 10.1 Å². The van der Waals surface area contributed by atoms with E-state index in [4.69, 9.17) is 9.47 Å². The molecule has 5 rings (SSSR count). The SMILES string of the molecule is COc1ccc(/C=N/N(C(=O)c2ccc(S(=O)(=O)N3CC(C)OC(C)C3)cc2)c2nc3ccc(C)cc3s2)cc1. The van der Waals surface area contributed by atoms with Crippen molar-refractivity contribution in [1.29, 1.82) is 0 Å². The topological polar surface area (TPSA) is 101 Å². The predicted octanol–water partition coefficient (Wildman–Crippen LogP) is 5.09. The van der Waals surface area contributed by atoms with Crippen molar-refractivity contribution >= 4 is 48.8 Å². The zero-order valence-electron chi connectivity index (χ0n) is 22.6. The summed E-state index contributed by atoms with van der Waals surface area (Å²) >= 11 is 1.36. The number of hydrogen-bond donors (Lipinski definition) is 0. The lowest BCUT2D eigenvalue weighted by molar-refractivity contribution is -0.0440. The smallest absolute Gasteiger partial charge is 0.280 e. The fraction of sp³-hybridized carbons (Fsp3) is 0.276. The molecule has 2 atom stereocenters. The number of aromatic nitrogens is 1. The highest BCUT2D eigenvalue weighted by Gasteiger charge is 2.32. The van der Waals surface area contributed by atoms with Gasteiger partial charge in [-0.15, -0.1) is 0 Å². The number of hydrazone groups is 1. The molecule has 1 fully saturated rings. The number of anilines is 1. The second-order valence-corrected chi connectivity index (χ2v) is 12.7. The first-order chi connectivity index (χ1) is 19.1. The maximum atomic E-state index is 13.7. The third kappa shape index (κ3) is 5.92. The lowest BCUT2D eigenvalue weighted by atomic mass is 10.2. The van der Waals surface area contributed by atoms with E-state index in [1.807, 2.05) is 63.2 Å². The van der Waals surface area contributed by atoms with Crippen LogP contribution in [0.15, 0.2) is 76.7 Å². The minimum Gasteiger partial charge on any atom is -0.497 e. The van der Waals surface area contributed by atoms with Crippen LogP contribution in [0.2, 0.25) is 0 Å². The molecule has 3 aromatic carbocycles. The van der Waals surface area contributed by atoms with Crippen LogP contribution in [0.25, 0.3) is 10.2 Å². The number of nitrogens with zero attached hydrogens (tertiary/aromatic N) is 4. The van der Waals surface area contributed by atoms with Crippen LogP contribution in [-0.4, -0.2) is 62.2 Å². The van der Waals surface area contributed by atoms with Gasteiger partial charge in [0.25, 0.3) is 5.91 Å². The molecule has 1 saturated heterocycles. The maximum Gasteiger partial charge on any atom is 0.280 e. The van der Waals surface area contributed by atoms with Gasteiger partial charge in [0.05, 0.1) is 40.6 Å². The van der Waals surface area contributed by atoms with Crippen molar-refractivity contribution in [3.05, 3.63) is 83.4 Å². The first kappa shape index (κ1) is 27.9. The molecule has 1 aliphatic rings. The Kier molecular flexibility index (Phi) is 7.99. The fourth-order valence-corrected chi connectivity index (χ4v) is 7.09. The van der Waals surface area contributed by atoms with Crippen LogP contribution in [0.3, 0.4) is 0 Å². The highest BCUT2D eigenvalue weighted by molar-refractivity contribution is 7.89. The number of benzene rings is 3. The zero-order valence-corrected chi connectivity index (χ0v) is 24.3. The van der Waals surface area contributed by atoms with Crippen molar-refractivity contribution in [3.8, 4) is 5.75 Å². The molecule has 0 N–H and O–H groups in total. The summed E-state index contributed by atoms with van der Waals surface area (Å²) < 4.78 is 39.8. The molecule has 1 amide bonds. The molecule has 0 bridgehead atoms. The number of carbonyl (C=O) groups excluding carboxylic acids is 1. The number of rotatable bonds is 7. The van der Waals surface area contributed by atoms with Gasteiger partial charge in [-0.05, 0) is 92.6 Å². The number of sulfonamides is 1. The molecule has 0 radical (unpaired) electrons. The van der Waals surface area contributed by atoms with E-state index >= 15 is 0 Å². The van der Waals surface area contributed by atoms with Gasteiger partial charge in [-0.1, -0.05) is 17.4 Å². The number of morpholine rings is 1. The summed E-state index contributed by atoms with van der Waals surface area (Å²) in [6.07, 6.45) is 1.18. The Labute approximate surface area is 237 Å². The summed E-state index contributed by atoms with van der Waals surface area (Å²) in [5, 5.41) is 6.16. The zero-order chi connectivity index (χ0) is 28.4. The molecule has 11 heteroatoms. The number of amides is 1. The third-order valence-electron chi connectivity index (χ3n) is 6.47. The minimum absolute atomic E-state index is 0.120. The fourth-order valence-electron chi connectivity index (χ4n) is 4.48. The van der Waals surface area contributed by atoms with Crippen molar-refractivity contribution in [3.63, 3.8) is 0 Å². The van der Waals surface area contributed by atoms with Crippen LogP contribution < -0.4 is 9.75 Å². The Balaban J connectivity index is 1.46. The van der Waals surface area contributed by atoms with Gasteiger partial charge in [0.1, 0.15) is 5.75 Å². The van der Waals surface area contributed by atoms with Gasteiger partial charge >= 0.3 is 0 Å². The molecule has 1 aliphatic heterocycles. The van der Waals surface area contributed by atoms with Gasteiger partial charge in [-0.25, -0.2) is 13.4 Å². The lowest BCUT2D eigenvalue weighted by Gasteiger charge is -2.34. The Morgan fingerprint density at radius 1 is 1.07 bits per heavy atom. The molecule has 0 saturated carbocycles. The molecule has 0 aliphatic carbocycles. The molecular weight excluding hydrogens is 548 g/mol. The van der Waals surface area contributed by atoms with Crippen molar-refractivity contribution in [2.24, 2.45) is 5.10 Å². The summed E-state index contributed by atoms with van der Waals surface area (Å²) in [5.74, 6) is 0.278. The molecule has 2 unspecified atom stereocenters. The van der Waals surface area contributed by atoms with Crippen LogP contribution in [0.4, 0.5) is 5.13 Å². The number of carbonyl (C=O) groups is 1. The minimum atomic E-state index is -3.74. The summed E-state index contributed by atoms with van der Waals surface area (Å²) in [7, 11) is -2.14. The number of aryl methyl sites for hydroxylation is 1. The summed E-state index contributed by atoms with van der Waals surface area (Å²) in [6.45, 7) is 6.25. The number of thiazole rings is 1. The molecular formula is C29H30N4O5S2. The Morgan fingerprint density at radius 3 is 2.40 bits per heavy atom. The molecule has 1 aromatic heterocycles. The van der Waals surface area contributed by atoms with Gasteiger partial charge in [0.2, 0.25) is 15.2 Å². The molecule has 4 aromatic rings. The highest BCUT2D eigenvalue weighted by atomic mass is 32.2. The number of hydrogen-bond acceptors (Lipinski definition) is 8. The molecule has 0 spiro atoms. The standard InChI is InChI=1S/C29H30N4O5S2/c1-19-5-14-26-27(15-19)39-29(31-26)33(30-16-22-6-10-24(37-4)11-7-22)28(34)23-8-12-25(13-9-23)40(35,36)32-17-20(2)38-21(3)18-32/h5-16,20-21H,17-18H2,1-4H3/b30-16+. The molecule has 9 nitrogen and oxygen atoms in total. The van der Waals surface area contributed by atoms with E-state index in [1.165, 1.54) is 44.9 Å². The van der Waals surface area contributed by atoms with Crippen LogP contribution in [-0.2, 0) is 14.8 Å². The Morgan fingerprint density at radius 2 is 1.75 bits per heavy atom. The van der Waals surface area contributed by atoms with Gasteiger partial charge in [0, 0.05) is 18.7 Å². The van der Waals surface area contributed by atoms with E-state index in [0.717, 1.165) is 21.3 Å². The summed E-state index contributed by atoms with van der Waals surface area (Å²) in [5.41, 5.74) is 2.90. The summed E-state index contributed by atoms with van der Waals surface area (Å²) in [4.78, 5) is 18.5. The summed E-state index contributed by atoms with van der Waals surface area (Å²) in [6, 6.07) is 19.1. The molecule has 40 heavy (non-hydrogen) atoms. The van der Waals surface area contributed by atoms with E-state index in [9.17, 15) is 13.2 Å². The number of ether oxygens (including phenoxy) is 2. The second-order valence-electron chi connectivity index (χ2n) is 9.71. The van der Waals surface area contributed by atoms with Gasteiger partial charge in [-0.3, -0.25) is 4.79 Å². The Hall–Kier alpha value is -3.64. The van der Waals surface area contributed by atoms with E-state index in [-0.39, 0.29) is 35.8 Å².